The lowest BCUT2D eigenvalue weighted by Crippen LogP contribution is -2.37. The fourth-order valence-electron chi connectivity index (χ4n) is 3.23. The molecule has 0 spiro atoms. The number of likely N-dealkylation sites (N-methyl/N-ethyl adjacent to an activating group) is 1. The zero-order valence-corrected chi connectivity index (χ0v) is 20.7. The van der Waals surface area contributed by atoms with Crippen LogP contribution in [0.1, 0.15) is 17.5 Å². The van der Waals surface area contributed by atoms with Crippen molar-refractivity contribution in [1.82, 2.24) is 9.88 Å². The molecule has 1 amide bonds. The number of aryl methyl sites for hydroxylation is 2. The summed E-state index contributed by atoms with van der Waals surface area (Å²) >= 11 is 1.42. The summed E-state index contributed by atoms with van der Waals surface area (Å²) in [6.07, 6.45) is -0.115. The molecule has 0 saturated heterocycles. The van der Waals surface area contributed by atoms with Crippen LogP contribution in [0.5, 0.6) is 5.75 Å². The van der Waals surface area contributed by atoms with Crippen molar-refractivity contribution >= 4 is 42.4 Å². The normalized spacial score (nSPS) is 11.8. The Morgan fingerprint density at radius 1 is 1.06 bits per heavy atom. The third kappa shape index (κ3) is 5.46. The van der Waals surface area contributed by atoms with E-state index in [1.54, 1.807) is 36.3 Å². The minimum absolute atomic E-state index is 0.115. The van der Waals surface area contributed by atoms with E-state index in [2.05, 4.69) is 4.98 Å². The van der Waals surface area contributed by atoms with Crippen LogP contribution in [0.3, 0.4) is 0 Å². The summed E-state index contributed by atoms with van der Waals surface area (Å²) in [6, 6.07) is 10.5. The first kappa shape index (κ1) is 24.2. The first-order chi connectivity index (χ1) is 15.1. The Kier molecular flexibility index (Phi) is 7.53. The van der Waals surface area contributed by atoms with Crippen LogP contribution in [0.4, 0.5) is 5.13 Å². The lowest BCUT2D eigenvalue weighted by atomic mass is 10.2. The number of rotatable bonds is 9. The van der Waals surface area contributed by atoms with Gasteiger partial charge in [-0.25, -0.2) is 13.4 Å². The highest BCUT2D eigenvalue weighted by molar-refractivity contribution is 7.91. The molecule has 32 heavy (non-hydrogen) atoms. The van der Waals surface area contributed by atoms with Crippen LogP contribution >= 0.6 is 11.3 Å². The molecule has 0 bridgehead atoms. The van der Waals surface area contributed by atoms with E-state index in [0.717, 1.165) is 15.8 Å². The fourth-order valence-corrected chi connectivity index (χ4v) is 5.55. The summed E-state index contributed by atoms with van der Waals surface area (Å²) in [6.45, 7) is 4.93. The second-order valence-electron chi connectivity index (χ2n) is 7.99. The van der Waals surface area contributed by atoms with Crippen LogP contribution in [0.15, 0.2) is 41.3 Å². The Morgan fingerprint density at radius 3 is 2.38 bits per heavy atom. The summed E-state index contributed by atoms with van der Waals surface area (Å²) < 4.78 is 31.9. The molecule has 1 heterocycles. The number of nitrogens with zero attached hydrogens (tertiary/aromatic N) is 3. The van der Waals surface area contributed by atoms with Crippen LogP contribution in [-0.4, -0.2) is 64.3 Å². The molecule has 0 aliphatic rings. The number of anilines is 1. The number of carbonyl (C=O) groups excluding carboxylic acids is 1. The lowest BCUT2D eigenvalue weighted by Gasteiger charge is -2.22. The van der Waals surface area contributed by atoms with Gasteiger partial charge in [0.25, 0.3) is 0 Å². The SMILES string of the molecule is COc1ccc(C)c2sc(N(CCN(C)C)C(=O)CCS(=O)(=O)c3ccc(C)cc3)nc12. The van der Waals surface area contributed by atoms with Crippen LogP contribution < -0.4 is 9.64 Å². The lowest BCUT2D eigenvalue weighted by molar-refractivity contribution is -0.118. The number of thiazole rings is 1. The van der Waals surface area contributed by atoms with Gasteiger partial charge in [0.05, 0.1) is 22.5 Å². The molecule has 0 fully saturated rings. The van der Waals surface area contributed by atoms with Crippen molar-refractivity contribution in [3.63, 3.8) is 0 Å². The molecule has 0 unspecified atom stereocenters. The van der Waals surface area contributed by atoms with Crippen molar-refractivity contribution in [2.24, 2.45) is 0 Å². The highest BCUT2D eigenvalue weighted by atomic mass is 32.2. The fraction of sp³-hybridized carbons (Fsp3) is 0.391. The van der Waals surface area contributed by atoms with Gasteiger partial charge < -0.3 is 9.64 Å². The number of aromatic nitrogens is 1. The molecule has 0 aliphatic carbocycles. The Balaban J connectivity index is 1.87. The number of sulfone groups is 1. The predicted octanol–water partition coefficient (Wildman–Crippen LogP) is 3.68. The van der Waals surface area contributed by atoms with Crippen molar-refractivity contribution in [3.05, 3.63) is 47.5 Å². The smallest absolute Gasteiger partial charge is 0.229 e. The number of benzene rings is 2. The van der Waals surface area contributed by atoms with E-state index in [4.69, 9.17) is 4.74 Å². The second kappa shape index (κ2) is 9.97. The van der Waals surface area contributed by atoms with Crippen LogP contribution in [0.2, 0.25) is 0 Å². The number of hydrogen-bond acceptors (Lipinski definition) is 7. The van der Waals surface area contributed by atoms with Crippen molar-refractivity contribution in [1.29, 1.82) is 0 Å². The topological polar surface area (TPSA) is 79.8 Å². The molecular formula is C23H29N3O4S2. The maximum absolute atomic E-state index is 13.2. The average Bonchev–Trinajstić information content (AvgIpc) is 3.19. The largest absolute Gasteiger partial charge is 0.494 e. The summed E-state index contributed by atoms with van der Waals surface area (Å²) in [7, 11) is 1.89. The van der Waals surface area contributed by atoms with E-state index in [1.807, 2.05) is 45.0 Å². The Hall–Kier alpha value is -2.49. The first-order valence-electron chi connectivity index (χ1n) is 10.3. The standard InChI is InChI=1S/C23H29N3O4S2/c1-16-6-9-18(10-7-16)32(28,29)15-12-20(27)26(14-13-25(3)4)23-24-21-19(30-5)11-8-17(2)22(21)31-23/h6-11H,12-15H2,1-5H3. The number of hydrogen-bond donors (Lipinski definition) is 0. The number of methoxy groups -OCH3 is 1. The van der Waals surface area contributed by atoms with Gasteiger partial charge in [0.2, 0.25) is 5.91 Å². The van der Waals surface area contributed by atoms with E-state index in [-0.39, 0.29) is 23.0 Å². The number of amides is 1. The van der Waals surface area contributed by atoms with Gasteiger partial charge in [-0.15, -0.1) is 0 Å². The molecule has 0 radical (unpaired) electrons. The van der Waals surface area contributed by atoms with Crippen LogP contribution in [-0.2, 0) is 14.6 Å². The molecule has 0 aliphatic heterocycles. The van der Waals surface area contributed by atoms with Crippen LogP contribution in [0.25, 0.3) is 10.2 Å². The third-order valence-corrected chi connectivity index (χ3v) is 8.13. The van der Waals surface area contributed by atoms with E-state index in [0.29, 0.717) is 29.5 Å². The van der Waals surface area contributed by atoms with Crippen molar-refractivity contribution in [3.8, 4) is 5.75 Å². The monoisotopic (exact) mass is 475 g/mol. The molecule has 172 valence electrons. The first-order valence-corrected chi connectivity index (χ1v) is 12.8. The Labute approximate surface area is 193 Å². The van der Waals surface area contributed by atoms with Gasteiger partial charge in [-0.05, 0) is 51.7 Å². The van der Waals surface area contributed by atoms with E-state index >= 15 is 0 Å². The zero-order chi connectivity index (χ0) is 23.5. The van der Waals surface area contributed by atoms with Gasteiger partial charge >= 0.3 is 0 Å². The highest BCUT2D eigenvalue weighted by Gasteiger charge is 2.24. The van der Waals surface area contributed by atoms with Gasteiger partial charge in [0, 0.05) is 19.5 Å². The zero-order valence-electron chi connectivity index (χ0n) is 19.1. The van der Waals surface area contributed by atoms with Gasteiger partial charge in [-0.1, -0.05) is 35.1 Å². The van der Waals surface area contributed by atoms with Crippen molar-refractivity contribution in [2.45, 2.75) is 25.2 Å². The summed E-state index contributed by atoms with van der Waals surface area (Å²) in [4.78, 5) is 21.7. The highest BCUT2D eigenvalue weighted by Crippen LogP contribution is 2.36. The molecule has 3 aromatic rings. The number of fused-ring (bicyclic) bond motifs is 1. The summed E-state index contributed by atoms with van der Waals surface area (Å²) in [5, 5.41) is 0.548. The number of ether oxygens (including phenoxy) is 1. The maximum Gasteiger partial charge on any atom is 0.229 e. The second-order valence-corrected chi connectivity index (χ2v) is 11.1. The molecule has 9 heteroatoms. The molecule has 0 atom stereocenters. The average molecular weight is 476 g/mol. The van der Waals surface area contributed by atoms with E-state index in [1.165, 1.54) is 11.3 Å². The summed E-state index contributed by atoms with van der Waals surface area (Å²) in [5.74, 6) is 0.133. The van der Waals surface area contributed by atoms with E-state index < -0.39 is 9.84 Å². The van der Waals surface area contributed by atoms with Crippen molar-refractivity contribution in [2.75, 3.05) is 44.9 Å². The van der Waals surface area contributed by atoms with E-state index in [9.17, 15) is 13.2 Å². The number of carbonyl (C=O) groups is 1. The minimum atomic E-state index is -3.56. The molecule has 0 N–H and O–H groups in total. The van der Waals surface area contributed by atoms with Crippen molar-refractivity contribution < 1.29 is 17.9 Å². The van der Waals surface area contributed by atoms with Gasteiger partial charge in [-0.3, -0.25) is 9.69 Å². The van der Waals surface area contributed by atoms with Gasteiger partial charge in [-0.2, -0.15) is 0 Å². The Bertz CT molecular complexity index is 1200. The minimum Gasteiger partial charge on any atom is -0.494 e. The van der Waals surface area contributed by atoms with Gasteiger partial charge in [0.1, 0.15) is 11.3 Å². The maximum atomic E-state index is 13.2. The van der Waals surface area contributed by atoms with Crippen LogP contribution in [0, 0.1) is 13.8 Å². The Morgan fingerprint density at radius 2 is 1.75 bits per heavy atom. The summed E-state index contributed by atoms with van der Waals surface area (Å²) in [5.41, 5.74) is 2.74. The molecule has 3 rings (SSSR count). The predicted molar refractivity (Wildman–Crippen MR) is 130 cm³/mol. The third-order valence-electron chi connectivity index (χ3n) is 5.18. The quantitative estimate of drug-likeness (QED) is 0.470. The molecule has 1 aromatic heterocycles. The molecule has 7 nitrogen and oxygen atoms in total. The van der Waals surface area contributed by atoms with Gasteiger partial charge in [0.15, 0.2) is 15.0 Å². The molecular weight excluding hydrogens is 446 g/mol. The molecule has 2 aromatic carbocycles. The molecule has 0 saturated carbocycles.